The number of benzene rings is 1. The van der Waals surface area contributed by atoms with Crippen molar-refractivity contribution >= 4 is 5.91 Å². The van der Waals surface area contributed by atoms with Gasteiger partial charge in [0.05, 0.1) is 7.11 Å². The summed E-state index contributed by atoms with van der Waals surface area (Å²) in [4.78, 5) is 14.1. The third kappa shape index (κ3) is 2.97. The summed E-state index contributed by atoms with van der Waals surface area (Å²) >= 11 is 0. The number of carbonyl (C=O) groups excluding carboxylic acids is 1. The molecule has 0 bridgehead atoms. The first-order valence-corrected chi connectivity index (χ1v) is 7.47. The average molecular weight is 290 g/mol. The first-order chi connectivity index (χ1) is 10.2. The maximum atomic E-state index is 12.2. The number of hydrogen-bond donors (Lipinski definition) is 1. The van der Waals surface area contributed by atoms with Crippen LogP contribution in [-0.2, 0) is 4.79 Å². The van der Waals surface area contributed by atoms with E-state index in [0.717, 1.165) is 31.7 Å². The second-order valence-corrected chi connectivity index (χ2v) is 5.93. The fraction of sp³-hybridized carbons (Fsp3) is 0.562. The molecule has 21 heavy (non-hydrogen) atoms. The van der Waals surface area contributed by atoms with Gasteiger partial charge in [-0.1, -0.05) is 6.07 Å². The Balaban J connectivity index is 1.53. The van der Waals surface area contributed by atoms with Gasteiger partial charge in [0.25, 0.3) is 5.91 Å². The highest BCUT2D eigenvalue weighted by molar-refractivity contribution is 5.78. The molecule has 2 fully saturated rings. The van der Waals surface area contributed by atoms with Gasteiger partial charge in [-0.2, -0.15) is 0 Å². The minimum absolute atomic E-state index is 0.0411. The minimum atomic E-state index is 0.0411. The molecule has 1 amide bonds. The maximum Gasteiger partial charge on any atom is 0.260 e. The molecule has 3 unspecified atom stereocenters. The molecule has 5 nitrogen and oxygen atoms in total. The van der Waals surface area contributed by atoms with Gasteiger partial charge in [-0.25, -0.2) is 0 Å². The van der Waals surface area contributed by atoms with E-state index in [1.165, 1.54) is 0 Å². The van der Waals surface area contributed by atoms with E-state index in [-0.39, 0.29) is 18.6 Å². The monoisotopic (exact) mass is 290 g/mol. The van der Waals surface area contributed by atoms with Crippen LogP contribution in [0, 0.1) is 11.8 Å². The minimum Gasteiger partial charge on any atom is -0.497 e. The summed E-state index contributed by atoms with van der Waals surface area (Å²) in [5.74, 6) is 2.48. The Bertz CT molecular complexity index is 520. The first-order valence-electron chi connectivity index (χ1n) is 7.47. The third-order valence-corrected chi connectivity index (χ3v) is 4.67. The second kappa shape index (κ2) is 5.93. The van der Waals surface area contributed by atoms with Crippen LogP contribution in [0.15, 0.2) is 24.3 Å². The van der Waals surface area contributed by atoms with E-state index in [9.17, 15) is 4.79 Å². The van der Waals surface area contributed by atoms with E-state index >= 15 is 0 Å². The van der Waals surface area contributed by atoms with Crippen LogP contribution in [0.1, 0.15) is 12.8 Å². The zero-order valence-electron chi connectivity index (χ0n) is 12.3. The normalized spacial score (nSPS) is 27.5. The van der Waals surface area contributed by atoms with Crippen LogP contribution >= 0.6 is 0 Å². The number of carbonyl (C=O) groups is 1. The Kier molecular flexibility index (Phi) is 4.01. The molecule has 1 saturated heterocycles. The van der Waals surface area contributed by atoms with Crippen molar-refractivity contribution in [3.05, 3.63) is 24.3 Å². The quantitative estimate of drug-likeness (QED) is 0.907. The Morgan fingerprint density at radius 2 is 2.14 bits per heavy atom. The van der Waals surface area contributed by atoms with Gasteiger partial charge >= 0.3 is 0 Å². The SMILES string of the molecule is COc1cccc(OCC(=O)N2CC3CCC(N)C3C2)c1. The van der Waals surface area contributed by atoms with Gasteiger partial charge in [0.2, 0.25) is 0 Å². The van der Waals surface area contributed by atoms with Crippen LogP contribution < -0.4 is 15.2 Å². The number of hydrogen-bond acceptors (Lipinski definition) is 4. The molecule has 1 aromatic rings. The summed E-state index contributed by atoms with van der Waals surface area (Å²) in [7, 11) is 1.61. The Morgan fingerprint density at radius 1 is 1.33 bits per heavy atom. The summed E-state index contributed by atoms with van der Waals surface area (Å²) in [5, 5.41) is 0. The number of methoxy groups -OCH3 is 1. The van der Waals surface area contributed by atoms with Crippen molar-refractivity contribution in [3.8, 4) is 11.5 Å². The number of rotatable bonds is 4. The molecule has 1 aliphatic heterocycles. The van der Waals surface area contributed by atoms with Gasteiger partial charge < -0.3 is 20.1 Å². The summed E-state index contributed by atoms with van der Waals surface area (Å²) in [6.45, 7) is 1.69. The van der Waals surface area contributed by atoms with E-state index < -0.39 is 0 Å². The summed E-state index contributed by atoms with van der Waals surface area (Å²) in [6, 6.07) is 7.55. The number of nitrogens with zero attached hydrogens (tertiary/aromatic N) is 1. The van der Waals surface area contributed by atoms with Crippen molar-refractivity contribution in [2.45, 2.75) is 18.9 Å². The van der Waals surface area contributed by atoms with Gasteiger partial charge in [0, 0.05) is 25.2 Å². The molecule has 1 aliphatic carbocycles. The molecule has 5 heteroatoms. The van der Waals surface area contributed by atoms with Gasteiger partial charge in [-0.15, -0.1) is 0 Å². The van der Waals surface area contributed by atoms with Crippen molar-refractivity contribution in [1.29, 1.82) is 0 Å². The molecule has 0 radical (unpaired) electrons. The molecule has 2 aliphatic rings. The van der Waals surface area contributed by atoms with Gasteiger partial charge in [-0.3, -0.25) is 4.79 Å². The molecule has 2 N–H and O–H groups in total. The Hall–Kier alpha value is -1.75. The van der Waals surface area contributed by atoms with Gasteiger partial charge in [0.15, 0.2) is 6.61 Å². The van der Waals surface area contributed by atoms with Crippen LogP contribution in [0.2, 0.25) is 0 Å². The third-order valence-electron chi connectivity index (χ3n) is 4.67. The number of fused-ring (bicyclic) bond motifs is 1. The predicted molar refractivity (Wildman–Crippen MR) is 79.3 cm³/mol. The summed E-state index contributed by atoms with van der Waals surface area (Å²) in [6.07, 6.45) is 2.24. The smallest absolute Gasteiger partial charge is 0.260 e. The van der Waals surface area contributed by atoms with Crippen LogP contribution in [0.5, 0.6) is 11.5 Å². The number of nitrogens with two attached hydrogens (primary N) is 1. The standard InChI is InChI=1S/C16H22N2O3/c1-20-12-3-2-4-13(7-12)21-10-16(19)18-8-11-5-6-15(17)14(11)9-18/h2-4,7,11,14-15H,5-6,8-10,17H2,1H3. The highest BCUT2D eigenvalue weighted by atomic mass is 16.5. The highest BCUT2D eigenvalue weighted by Gasteiger charge is 2.42. The summed E-state index contributed by atoms with van der Waals surface area (Å²) in [5.41, 5.74) is 6.10. The molecule has 3 atom stereocenters. The predicted octanol–water partition coefficient (Wildman–Crippen LogP) is 1.27. The molecular weight excluding hydrogens is 268 g/mol. The molecule has 3 rings (SSSR count). The number of likely N-dealkylation sites (tertiary alicyclic amines) is 1. The Morgan fingerprint density at radius 3 is 2.90 bits per heavy atom. The van der Waals surface area contributed by atoms with E-state index in [0.29, 0.717) is 17.6 Å². The van der Waals surface area contributed by atoms with E-state index in [2.05, 4.69) is 0 Å². The molecule has 1 aromatic carbocycles. The molecular formula is C16H22N2O3. The van der Waals surface area contributed by atoms with E-state index in [1.54, 1.807) is 13.2 Å². The fourth-order valence-corrected chi connectivity index (χ4v) is 3.44. The molecule has 1 saturated carbocycles. The zero-order valence-corrected chi connectivity index (χ0v) is 12.3. The molecule has 1 heterocycles. The van der Waals surface area contributed by atoms with Crippen LogP contribution in [0.25, 0.3) is 0 Å². The van der Waals surface area contributed by atoms with Crippen LogP contribution in [0.3, 0.4) is 0 Å². The molecule has 0 aromatic heterocycles. The van der Waals surface area contributed by atoms with Crippen molar-refractivity contribution < 1.29 is 14.3 Å². The Labute approximate surface area is 125 Å². The first kappa shape index (κ1) is 14.2. The zero-order chi connectivity index (χ0) is 14.8. The van der Waals surface area contributed by atoms with Gasteiger partial charge in [0.1, 0.15) is 11.5 Å². The van der Waals surface area contributed by atoms with Crippen LogP contribution in [0.4, 0.5) is 0 Å². The lowest BCUT2D eigenvalue weighted by molar-refractivity contribution is -0.132. The lowest BCUT2D eigenvalue weighted by Crippen LogP contribution is -2.36. The van der Waals surface area contributed by atoms with E-state index in [4.69, 9.17) is 15.2 Å². The van der Waals surface area contributed by atoms with Crippen molar-refractivity contribution in [3.63, 3.8) is 0 Å². The largest absolute Gasteiger partial charge is 0.497 e. The molecule has 114 valence electrons. The fourth-order valence-electron chi connectivity index (χ4n) is 3.44. The second-order valence-electron chi connectivity index (χ2n) is 5.93. The van der Waals surface area contributed by atoms with Crippen molar-refractivity contribution in [2.75, 3.05) is 26.8 Å². The molecule has 0 spiro atoms. The lowest BCUT2D eigenvalue weighted by atomic mass is 9.98. The lowest BCUT2D eigenvalue weighted by Gasteiger charge is -2.19. The van der Waals surface area contributed by atoms with Crippen LogP contribution in [-0.4, -0.2) is 43.7 Å². The topological polar surface area (TPSA) is 64.8 Å². The summed E-state index contributed by atoms with van der Waals surface area (Å²) < 4.78 is 10.7. The number of amides is 1. The average Bonchev–Trinajstić information content (AvgIpc) is 3.07. The number of ether oxygens (including phenoxy) is 2. The highest BCUT2D eigenvalue weighted by Crippen LogP contribution is 2.37. The van der Waals surface area contributed by atoms with Crippen molar-refractivity contribution in [1.82, 2.24) is 4.90 Å². The van der Waals surface area contributed by atoms with Crippen molar-refractivity contribution in [2.24, 2.45) is 17.6 Å². The van der Waals surface area contributed by atoms with Gasteiger partial charge in [-0.05, 0) is 36.8 Å². The maximum absolute atomic E-state index is 12.2. The van der Waals surface area contributed by atoms with E-state index in [1.807, 2.05) is 23.1 Å².